The van der Waals surface area contributed by atoms with E-state index >= 15 is 0 Å². The molecule has 0 bridgehead atoms. The molecule has 3 N–H and O–H groups in total. The highest BCUT2D eigenvalue weighted by atomic mass is 16.3. The molecule has 1 aliphatic rings. The molecule has 1 aromatic heterocycles. The predicted octanol–water partition coefficient (Wildman–Crippen LogP) is 3.49. The average Bonchev–Trinajstić information content (AvgIpc) is 3.03. The molecular weight excluding hydrogens is 278 g/mol. The second-order valence-corrected chi connectivity index (χ2v) is 5.74. The molecule has 116 valence electrons. The summed E-state index contributed by atoms with van der Waals surface area (Å²) in [6.07, 6.45) is 5.14. The fraction of sp³-hybridized carbons (Fsp3) is 0.353. The Bertz CT molecular complexity index is 652. The molecule has 1 aliphatic heterocycles. The summed E-state index contributed by atoms with van der Waals surface area (Å²) in [5.41, 5.74) is 8.60. The Morgan fingerprint density at radius 3 is 2.91 bits per heavy atom. The van der Waals surface area contributed by atoms with E-state index in [2.05, 4.69) is 17.1 Å². The third-order valence-corrected chi connectivity index (χ3v) is 4.14. The Balaban J connectivity index is 1.76. The third-order valence-electron chi connectivity index (χ3n) is 4.14. The van der Waals surface area contributed by atoms with Crippen molar-refractivity contribution in [1.29, 1.82) is 0 Å². The number of nitrogen functional groups attached to an aromatic ring is 1. The Morgan fingerprint density at radius 1 is 1.36 bits per heavy atom. The molecule has 0 radical (unpaired) electrons. The van der Waals surface area contributed by atoms with Crippen LogP contribution in [0.1, 0.15) is 36.7 Å². The summed E-state index contributed by atoms with van der Waals surface area (Å²) in [5, 5.41) is 2.80. The lowest BCUT2D eigenvalue weighted by molar-refractivity contribution is 0.0996. The summed E-state index contributed by atoms with van der Waals surface area (Å²) in [7, 11) is 0. The predicted molar refractivity (Wildman–Crippen MR) is 88.2 cm³/mol. The van der Waals surface area contributed by atoms with Crippen molar-refractivity contribution in [2.45, 2.75) is 32.2 Å². The first-order valence-electron chi connectivity index (χ1n) is 7.66. The number of carbonyl (C=O) groups excluding carboxylic acids is 1. The second kappa shape index (κ2) is 6.13. The maximum absolute atomic E-state index is 12.0. The lowest BCUT2D eigenvalue weighted by Crippen LogP contribution is -2.37. The largest absolute Gasteiger partial charge is 0.459 e. The van der Waals surface area contributed by atoms with Gasteiger partial charge in [0.05, 0.1) is 17.6 Å². The Kier molecular flexibility index (Phi) is 4.04. The number of rotatable bonds is 3. The van der Waals surface area contributed by atoms with Gasteiger partial charge >= 0.3 is 0 Å². The average molecular weight is 299 g/mol. The summed E-state index contributed by atoms with van der Waals surface area (Å²) in [6, 6.07) is 9.48. The molecule has 22 heavy (non-hydrogen) atoms. The number of anilines is 3. The number of benzene rings is 1. The van der Waals surface area contributed by atoms with E-state index in [1.807, 2.05) is 12.1 Å². The van der Waals surface area contributed by atoms with Gasteiger partial charge in [-0.15, -0.1) is 0 Å². The Labute approximate surface area is 130 Å². The summed E-state index contributed by atoms with van der Waals surface area (Å²) in [5.74, 6) is 0.00999. The first-order chi connectivity index (χ1) is 10.6. The molecule has 0 aliphatic carbocycles. The van der Waals surface area contributed by atoms with E-state index in [0.29, 0.717) is 17.4 Å². The molecule has 1 fully saturated rings. The summed E-state index contributed by atoms with van der Waals surface area (Å²) in [6.45, 7) is 3.26. The zero-order chi connectivity index (χ0) is 15.5. The normalized spacial score (nSPS) is 18.2. The van der Waals surface area contributed by atoms with Gasteiger partial charge in [0.25, 0.3) is 5.91 Å². The number of nitrogens with two attached hydrogens (primary N) is 1. The topological polar surface area (TPSA) is 71.5 Å². The third kappa shape index (κ3) is 2.93. The number of nitrogens with zero attached hydrogens (tertiary/aromatic N) is 1. The quantitative estimate of drug-likeness (QED) is 0.851. The van der Waals surface area contributed by atoms with Crippen LogP contribution in [0.4, 0.5) is 17.1 Å². The summed E-state index contributed by atoms with van der Waals surface area (Å²) >= 11 is 0. The van der Waals surface area contributed by atoms with Crippen molar-refractivity contribution in [3.05, 3.63) is 42.4 Å². The van der Waals surface area contributed by atoms with Crippen LogP contribution in [0.15, 0.2) is 41.0 Å². The Hall–Kier alpha value is -2.43. The maximum atomic E-state index is 12.0. The zero-order valence-corrected chi connectivity index (χ0v) is 12.7. The highest BCUT2D eigenvalue weighted by Gasteiger charge is 2.20. The van der Waals surface area contributed by atoms with Crippen molar-refractivity contribution in [2.24, 2.45) is 0 Å². The van der Waals surface area contributed by atoms with Crippen LogP contribution < -0.4 is 16.0 Å². The van der Waals surface area contributed by atoms with Gasteiger partial charge < -0.3 is 20.4 Å². The number of nitrogens with one attached hydrogen (secondary N) is 1. The van der Waals surface area contributed by atoms with Crippen molar-refractivity contribution >= 4 is 23.0 Å². The van der Waals surface area contributed by atoms with Crippen molar-refractivity contribution < 1.29 is 9.21 Å². The Morgan fingerprint density at radius 2 is 2.23 bits per heavy atom. The molecule has 1 amide bonds. The van der Waals surface area contributed by atoms with Gasteiger partial charge in [0, 0.05) is 18.3 Å². The van der Waals surface area contributed by atoms with E-state index in [1.54, 1.807) is 18.2 Å². The minimum Gasteiger partial charge on any atom is -0.459 e. The monoisotopic (exact) mass is 299 g/mol. The number of hydrogen-bond donors (Lipinski definition) is 2. The van der Waals surface area contributed by atoms with Crippen LogP contribution >= 0.6 is 0 Å². The van der Waals surface area contributed by atoms with E-state index in [1.165, 1.54) is 25.5 Å². The van der Waals surface area contributed by atoms with Crippen LogP contribution in [0, 0.1) is 0 Å². The molecular formula is C17H21N3O2. The van der Waals surface area contributed by atoms with Gasteiger partial charge in [0.2, 0.25) is 0 Å². The number of carbonyl (C=O) groups is 1. The van der Waals surface area contributed by atoms with Gasteiger partial charge in [-0.3, -0.25) is 4.79 Å². The van der Waals surface area contributed by atoms with Gasteiger partial charge in [-0.1, -0.05) is 0 Å². The fourth-order valence-corrected chi connectivity index (χ4v) is 2.95. The molecule has 2 heterocycles. The van der Waals surface area contributed by atoms with E-state index in [-0.39, 0.29) is 11.7 Å². The first-order valence-corrected chi connectivity index (χ1v) is 7.66. The van der Waals surface area contributed by atoms with E-state index in [0.717, 1.165) is 12.2 Å². The number of piperidine rings is 1. The smallest absolute Gasteiger partial charge is 0.291 e. The molecule has 1 saturated heterocycles. The first kappa shape index (κ1) is 14.5. The highest BCUT2D eigenvalue weighted by molar-refractivity contribution is 6.02. The second-order valence-electron chi connectivity index (χ2n) is 5.74. The number of amides is 1. The summed E-state index contributed by atoms with van der Waals surface area (Å²) in [4.78, 5) is 14.3. The SMILES string of the molecule is C[C@H]1CCCCN1c1ccc(NC(=O)c2ccco2)cc1N. The minimum absolute atomic E-state index is 0.275. The van der Waals surface area contributed by atoms with Crippen LogP contribution in [0.2, 0.25) is 0 Å². The van der Waals surface area contributed by atoms with Gasteiger partial charge in [0.15, 0.2) is 5.76 Å². The molecule has 0 spiro atoms. The van der Waals surface area contributed by atoms with Crippen molar-refractivity contribution in [3.8, 4) is 0 Å². The summed E-state index contributed by atoms with van der Waals surface area (Å²) < 4.78 is 5.08. The lowest BCUT2D eigenvalue weighted by atomic mass is 10.0. The molecule has 2 aromatic rings. The molecule has 5 nitrogen and oxygen atoms in total. The van der Waals surface area contributed by atoms with E-state index in [4.69, 9.17) is 10.2 Å². The fourth-order valence-electron chi connectivity index (χ4n) is 2.95. The number of furan rings is 1. The van der Waals surface area contributed by atoms with Crippen LogP contribution in [0.25, 0.3) is 0 Å². The van der Waals surface area contributed by atoms with Crippen LogP contribution in [0.3, 0.4) is 0 Å². The number of hydrogen-bond acceptors (Lipinski definition) is 4. The highest BCUT2D eigenvalue weighted by Crippen LogP contribution is 2.31. The molecule has 5 heteroatoms. The minimum atomic E-state index is -0.275. The van der Waals surface area contributed by atoms with E-state index < -0.39 is 0 Å². The van der Waals surface area contributed by atoms with Gasteiger partial charge in [-0.05, 0) is 56.5 Å². The maximum Gasteiger partial charge on any atom is 0.291 e. The lowest BCUT2D eigenvalue weighted by Gasteiger charge is -2.36. The molecule has 3 rings (SSSR count). The molecule has 1 atom stereocenters. The van der Waals surface area contributed by atoms with E-state index in [9.17, 15) is 4.79 Å². The standard InChI is InChI=1S/C17H21N3O2/c1-12-5-2-3-9-20(12)15-8-7-13(11-14(15)18)19-17(21)16-6-4-10-22-16/h4,6-8,10-12H,2-3,5,9,18H2,1H3,(H,19,21)/t12-/m0/s1. The van der Waals surface area contributed by atoms with Crippen LogP contribution in [-0.2, 0) is 0 Å². The van der Waals surface area contributed by atoms with Gasteiger partial charge in [-0.25, -0.2) is 0 Å². The zero-order valence-electron chi connectivity index (χ0n) is 12.7. The van der Waals surface area contributed by atoms with Gasteiger partial charge in [-0.2, -0.15) is 0 Å². The van der Waals surface area contributed by atoms with Crippen molar-refractivity contribution in [3.63, 3.8) is 0 Å². The van der Waals surface area contributed by atoms with Crippen LogP contribution in [-0.4, -0.2) is 18.5 Å². The van der Waals surface area contributed by atoms with Crippen LogP contribution in [0.5, 0.6) is 0 Å². The van der Waals surface area contributed by atoms with Crippen molar-refractivity contribution in [2.75, 3.05) is 22.5 Å². The van der Waals surface area contributed by atoms with Crippen molar-refractivity contribution in [1.82, 2.24) is 0 Å². The molecule has 1 aromatic carbocycles. The van der Waals surface area contributed by atoms with Gasteiger partial charge in [0.1, 0.15) is 0 Å². The molecule has 0 unspecified atom stereocenters. The molecule has 0 saturated carbocycles.